The van der Waals surface area contributed by atoms with Crippen LogP contribution >= 0.6 is 0 Å². The zero-order valence-electron chi connectivity index (χ0n) is 8.79. The average Bonchev–Trinajstić information content (AvgIpc) is 2.79. The Hall–Kier alpha value is -1.50. The summed E-state index contributed by atoms with van der Waals surface area (Å²) in [6.45, 7) is -0.205. The molecule has 0 aliphatic carbocycles. The van der Waals surface area contributed by atoms with Gasteiger partial charge in [0, 0.05) is 18.9 Å². The number of nitrogens with one attached hydrogen (secondary N) is 1. The standard InChI is InChI=1S/C10H10F3N3O/c11-10(12,13)9(1-2-14-5-9)8(17)7-3-15-6-16-4-7/h3-4,6,14H,1-2,5H2. The van der Waals surface area contributed by atoms with E-state index in [-0.39, 0.29) is 25.1 Å². The summed E-state index contributed by atoms with van der Waals surface area (Å²) in [6, 6.07) is 0. The molecule has 4 nitrogen and oxygen atoms in total. The molecule has 1 fully saturated rings. The molecule has 1 aliphatic rings. The van der Waals surface area contributed by atoms with Gasteiger partial charge in [0.1, 0.15) is 11.7 Å². The molecule has 0 bridgehead atoms. The Labute approximate surface area is 95.3 Å². The molecule has 2 heterocycles. The van der Waals surface area contributed by atoms with Gasteiger partial charge in [0.2, 0.25) is 0 Å². The van der Waals surface area contributed by atoms with Crippen LogP contribution in [0, 0.1) is 5.41 Å². The number of Topliss-reactive ketones (excluding diaryl/α,β-unsaturated/α-hetero) is 1. The topological polar surface area (TPSA) is 54.9 Å². The Balaban J connectivity index is 2.39. The van der Waals surface area contributed by atoms with Crippen molar-refractivity contribution < 1.29 is 18.0 Å². The molecule has 17 heavy (non-hydrogen) atoms. The largest absolute Gasteiger partial charge is 0.402 e. The summed E-state index contributed by atoms with van der Waals surface area (Å²) in [5.41, 5.74) is -2.44. The maximum absolute atomic E-state index is 13.1. The second-order valence-electron chi connectivity index (χ2n) is 3.96. The number of halogens is 3. The predicted molar refractivity (Wildman–Crippen MR) is 52.3 cm³/mol. The van der Waals surface area contributed by atoms with Gasteiger partial charge in [0.15, 0.2) is 5.78 Å². The summed E-state index contributed by atoms with van der Waals surface area (Å²) in [4.78, 5) is 19.1. The number of hydrogen-bond donors (Lipinski definition) is 1. The van der Waals surface area contributed by atoms with Gasteiger partial charge in [0.05, 0.1) is 5.56 Å². The minimum Gasteiger partial charge on any atom is -0.315 e. The molecule has 0 spiro atoms. The number of hydrogen-bond acceptors (Lipinski definition) is 4. The summed E-state index contributed by atoms with van der Waals surface area (Å²) in [7, 11) is 0. The molecule has 0 saturated carbocycles. The molecule has 1 atom stereocenters. The Morgan fingerprint density at radius 2 is 2.00 bits per heavy atom. The normalized spacial score (nSPS) is 24.9. The van der Waals surface area contributed by atoms with Crippen LogP contribution in [-0.4, -0.2) is 35.0 Å². The van der Waals surface area contributed by atoms with E-state index in [2.05, 4.69) is 15.3 Å². The first-order chi connectivity index (χ1) is 7.97. The summed E-state index contributed by atoms with van der Waals surface area (Å²) in [5, 5.41) is 2.59. The van der Waals surface area contributed by atoms with Gasteiger partial charge < -0.3 is 5.32 Å². The van der Waals surface area contributed by atoms with Crippen LogP contribution < -0.4 is 5.32 Å². The van der Waals surface area contributed by atoms with Gasteiger partial charge in [-0.15, -0.1) is 0 Å². The van der Waals surface area contributed by atoms with E-state index in [0.29, 0.717) is 0 Å². The van der Waals surface area contributed by atoms with Gasteiger partial charge >= 0.3 is 6.18 Å². The minimum atomic E-state index is -4.57. The first kappa shape index (κ1) is 12.0. The molecule has 1 aromatic heterocycles. The fourth-order valence-corrected chi connectivity index (χ4v) is 1.95. The highest BCUT2D eigenvalue weighted by molar-refractivity contribution is 6.01. The lowest BCUT2D eigenvalue weighted by molar-refractivity contribution is -0.197. The number of rotatable bonds is 2. The average molecular weight is 245 g/mol. The molecule has 2 rings (SSSR count). The molecule has 1 N–H and O–H groups in total. The second-order valence-corrected chi connectivity index (χ2v) is 3.96. The van der Waals surface area contributed by atoms with Crippen LogP contribution in [0.15, 0.2) is 18.7 Å². The van der Waals surface area contributed by atoms with E-state index in [9.17, 15) is 18.0 Å². The van der Waals surface area contributed by atoms with Crippen LogP contribution in [0.25, 0.3) is 0 Å². The SMILES string of the molecule is O=C(c1cncnc1)C1(C(F)(F)F)CCNC1. The van der Waals surface area contributed by atoms with Crippen molar-refractivity contribution >= 4 is 5.78 Å². The molecule has 92 valence electrons. The van der Waals surface area contributed by atoms with E-state index in [1.165, 1.54) is 6.33 Å². The predicted octanol–water partition coefficient (Wildman–Crippen LogP) is 1.20. The lowest BCUT2D eigenvalue weighted by Crippen LogP contribution is -2.46. The van der Waals surface area contributed by atoms with E-state index in [0.717, 1.165) is 12.4 Å². The Bertz CT molecular complexity index is 413. The van der Waals surface area contributed by atoms with Crippen LogP contribution in [-0.2, 0) is 0 Å². The molecule has 0 amide bonds. The summed E-state index contributed by atoms with van der Waals surface area (Å²) < 4.78 is 39.2. The molecule has 0 aromatic carbocycles. The molecular weight excluding hydrogens is 235 g/mol. The van der Waals surface area contributed by atoms with E-state index in [1.807, 2.05) is 0 Å². The van der Waals surface area contributed by atoms with Crippen LogP contribution in [0.4, 0.5) is 13.2 Å². The molecule has 1 unspecified atom stereocenters. The van der Waals surface area contributed by atoms with E-state index >= 15 is 0 Å². The minimum absolute atomic E-state index is 0.103. The van der Waals surface area contributed by atoms with Crippen LogP contribution in [0.1, 0.15) is 16.8 Å². The van der Waals surface area contributed by atoms with Gasteiger partial charge in [-0.1, -0.05) is 0 Å². The molecule has 7 heteroatoms. The summed E-state index contributed by atoms with van der Waals surface area (Å²) in [5.74, 6) is -0.962. The number of nitrogens with zero attached hydrogens (tertiary/aromatic N) is 2. The van der Waals surface area contributed by atoms with Gasteiger partial charge in [-0.3, -0.25) is 4.79 Å². The van der Waals surface area contributed by atoms with Gasteiger partial charge in [0.25, 0.3) is 0 Å². The number of carbonyl (C=O) groups is 1. The maximum Gasteiger partial charge on any atom is 0.402 e. The van der Waals surface area contributed by atoms with Crippen LogP contribution in [0.3, 0.4) is 0 Å². The number of carbonyl (C=O) groups excluding carboxylic acids is 1. The van der Waals surface area contributed by atoms with E-state index < -0.39 is 17.4 Å². The van der Waals surface area contributed by atoms with Crippen molar-refractivity contribution in [2.75, 3.05) is 13.1 Å². The van der Waals surface area contributed by atoms with Crippen molar-refractivity contribution in [1.29, 1.82) is 0 Å². The Kier molecular flexibility index (Phi) is 2.86. The molecule has 1 aliphatic heterocycles. The first-order valence-electron chi connectivity index (χ1n) is 5.05. The third-order valence-electron chi connectivity index (χ3n) is 2.96. The lowest BCUT2D eigenvalue weighted by atomic mass is 9.79. The quantitative estimate of drug-likeness (QED) is 0.795. The van der Waals surface area contributed by atoms with Crippen molar-refractivity contribution in [1.82, 2.24) is 15.3 Å². The maximum atomic E-state index is 13.1. The van der Waals surface area contributed by atoms with Crippen LogP contribution in [0.2, 0.25) is 0 Å². The highest BCUT2D eigenvalue weighted by Crippen LogP contribution is 2.45. The monoisotopic (exact) mass is 245 g/mol. The fourth-order valence-electron chi connectivity index (χ4n) is 1.95. The molecular formula is C10H10F3N3O. The van der Waals surface area contributed by atoms with E-state index in [1.54, 1.807) is 0 Å². The summed E-state index contributed by atoms with van der Waals surface area (Å²) >= 11 is 0. The molecule has 1 aromatic rings. The lowest BCUT2D eigenvalue weighted by Gasteiger charge is -2.28. The number of alkyl halides is 3. The Morgan fingerprint density at radius 1 is 1.35 bits per heavy atom. The highest BCUT2D eigenvalue weighted by atomic mass is 19.4. The van der Waals surface area contributed by atoms with E-state index in [4.69, 9.17) is 0 Å². The summed E-state index contributed by atoms with van der Waals surface area (Å²) in [6.07, 6.45) is -1.42. The van der Waals surface area contributed by atoms with Crippen molar-refractivity contribution in [3.05, 3.63) is 24.3 Å². The van der Waals surface area contributed by atoms with Crippen LogP contribution in [0.5, 0.6) is 0 Å². The smallest absolute Gasteiger partial charge is 0.315 e. The molecule has 1 saturated heterocycles. The molecule has 0 radical (unpaired) electrons. The van der Waals surface area contributed by atoms with Crippen molar-refractivity contribution in [3.8, 4) is 0 Å². The van der Waals surface area contributed by atoms with Gasteiger partial charge in [-0.25, -0.2) is 9.97 Å². The fraction of sp³-hybridized carbons (Fsp3) is 0.500. The first-order valence-corrected chi connectivity index (χ1v) is 5.05. The zero-order chi connectivity index (χ0) is 12.5. The van der Waals surface area contributed by atoms with Crippen molar-refractivity contribution in [2.24, 2.45) is 5.41 Å². The number of ketones is 1. The third-order valence-corrected chi connectivity index (χ3v) is 2.96. The van der Waals surface area contributed by atoms with Crippen molar-refractivity contribution in [3.63, 3.8) is 0 Å². The second kappa shape index (κ2) is 4.06. The van der Waals surface area contributed by atoms with Gasteiger partial charge in [-0.05, 0) is 13.0 Å². The number of aromatic nitrogens is 2. The third kappa shape index (κ3) is 1.90. The zero-order valence-corrected chi connectivity index (χ0v) is 8.79. The Morgan fingerprint density at radius 3 is 2.47 bits per heavy atom. The highest BCUT2D eigenvalue weighted by Gasteiger charge is 2.61. The van der Waals surface area contributed by atoms with Gasteiger partial charge in [-0.2, -0.15) is 13.2 Å². The van der Waals surface area contributed by atoms with Crippen molar-refractivity contribution in [2.45, 2.75) is 12.6 Å².